The molecule has 0 aromatic heterocycles. The number of ether oxygens (including phenoxy) is 1. The molecule has 2 rings (SSSR count). The number of halogens is 3. The van der Waals surface area contributed by atoms with E-state index in [9.17, 15) is 22.8 Å². The maximum Gasteiger partial charge on any atom is 0.416 e. The number of aryl methyl sites for hydroxylation is 1. The molecule has 9 heteroatoms. The SMILES string of the molecule is Cc1ccc(NC(=O)NCc2cccc(C(F)(F)F)c2)c(OCC(=O)N(C)C)c1. The van der Waals surface area contributed by atoms with Crippen molar-refractivity contribution in [1.82, 2.24) is 10.2 Å². The van der Waals surface area contributed by atoms with Crippen LogP contribution in [0.25, 0.3) is 0 Å². The topological polar surface area (TPSA) is 70.7 Å². The van der Waals surface area contributed by atoms with E-state index < -0.39 is 17.8 Å². The Kier molecular flexibility index (Phi) is 7.08. The molecular weight excluding hydrogens is 387 g/mol. The molecule has 6 nitrogen and oxygen atoms in total. The van der Waals surface area contributed by atoms with Crippen molar-refractivity contribution < 1.29 is 27.5 Å². The van der Waals surface area contributed by atoms with Crippen LogP contribution < -0.4 is 15.4 Å². The third-order valence-corrected chi connectivity index (χ3v) is 3.94. The third kappa shape index (κ3) is 6.70. The molecule has 0 heterocycles. The van der Waals surface area contributed by atoms with Crippen molar-refractivity contribution in [1.29, 1.82) is 0 Å². The van der Waals surface area contributed by atoms with E-state index in [-0.39, 0.29) is 19.1 Å². The molecule has 0 atom stereocenters. The van der Waals surface area contributed by atoms with E-state index in [1.54, 1.807) is 32.3 Å². The highest BCUT2D eigenvalue weighted by molar-refractivity contribution is 5.91. The van der Waals surface area contributed by atoms with Gasteiger partial charge in [-0.15, -0.1) is 0 Å². The van der Waals surface area contributed by atoms with Crippen molar-refractivity contribution in [2.75, 3.05) is 26.0 Å². The van der Waals surface area contributed by atoms with Gasteiger partial charge in [0.25, 0.3) is 5.91 Å². The van der Waals surface area contributed by atoms with Crippen LogP contribution in [0.5, 0.6) is 5.75 Å². The standard InChI is InChI=1S/C20H22F3N3O3/c1-13-7-8-16(17(9-13)29-12-18(27)26(2)3)25-19(28)24-11-14-5-4-6-15(10-14)20(21,22)23/h4-10H,11-12H2,1-3H3,(H2,24,25,28). The quantitative estimate of drug-likeness (QED) is 0.763. The molecule has 156 valence electrons. The zero-order valence-electron chi connectivity index (χ0n) is 16.3. The van der Waals surface area contributed by atoms with Gasteiger partial charge in [-0.05, 0) is 42.3 Å². The van der Waals surface area contributed by atoms with Crippen LogP contribution in [0.3, 0.4) is 0 Å². The van der Waals surface area contributed by atoms with E-state index in [1.807, 2.05) is 6.92 Å². The summed E-state index contributed by atoms with van der Waals surface area (Å²) in [6.45, 7) is 1.55. The lowest BCUT2D eigenvalue weighted by atomic mass is 10.1. The fraction of sp³-hybridized carbons (Fsp3) is 0.300. The molecule has 0 saturated carbocycles. The van der Waals surface area contributed by atoms with E-state index in [0.29, 0.717) is 17.0 Å². The normalized spacial score (nSPS) is 11.0. The fourth-order valence-electron chi connectivity index (χ4n) is 2.33. The van der Waals surface area contributed by atoms with E-state index in [0.717, 1.165) is 17.7 Å². The van der Waals surface area contributed by atoms with Gasteiger partial charge >= 0.3 is 12.2 Å². The van der Waals surface area contributed by atoms with Crippen molar-refractivity contribution in [3.63, 3.8) is 0 Å². The molecule has 0 aliphatic carbocycles. The van der Waals surface area contributed by atoms with Gasteiger partial charge in [-0.25, -0.2) is 4.79 Å². The van der Waals surface area contributed by atoms with Crippen molar-refractivity contribution in [3.05, 3.63) is 59.2 Å². The molecule has 2 N–H and O–H groups in total. The Morgan fingerprint density at radius 3 is 2.48 bits per heavy atom. The third-order valence-electron chi connectivity index (χ3n) is 3.94. The van der Waals surface area contributed by atoms with Crippen LogP contribution in [0.1, 0.15) is 16.7 Å². The van der Waals surface area contributed by atoms with Gasteiger partial charge in [0.2, 0.25) is 0 Å². The second-order valence-electron chi connectivity index (χ2n) is 6.58. The number of carbonyl (C=O) groups excluding carboxylic acids is 2. The highest BCUT2D eigenvalue weighted by Gasteiger charge is 2.30. The number of alkyl halides is 3. The predicted octanol–water partition coefficient (Wildman–Crippen LogP) is 3.80. The van der Waals surface area contributed by atoms with Crippen molar-refractivity contribution in [2.45, 2.75) is 19.6 Å². The summed E-state index contributed by atoms with van der Waals surface area (Å²) >= 11 is 0. The summed E-state index contributed by atoms with van der Waals surface area (Å²) in [5, 5.41) is 5.09. The van der Waals surface area contributed by atoms with Crippen molar-refractivity contribution in [2.24, 2.45) is 0 Å². The zero-order chi connectivity index (χ0) is 21.6. The molecule has 2 aromatic carbocycles. The molecule has 0 radical (unpaired) electrons. The Morgan fingerprint density at radius 1 is 1.10 bits per heavy atom. The second kappa shape index (κ2) is 9.31. The highest BCUT2D eigenvalue weighted by atomic mass is 19.4. The molecule has 0 bridgehead atoms. The number of benzene rings is 2. The summed E-state index contributed by atoms with van der Waals surface area (Å²) in [5.41, 5.74) is 0.736. The number of nitrogens with zero attached hydrogens (tertiary/aromatic N) is 1. The minimum Gasteiger partial charge on any atom is -0.482 e. The first-order valence-corrected chi connectivity index (χ1v) is 8.71. The number of hydrogen-bond acceptors (Lipinski definition) is 3. The Bertz CT molecular complexity index is 883. The average molecular weight is 409 g/mol. The lowest BCUT2D eigenvalue weighted by Gasteiger charge is -2.15. The number of rotatable bonds is 6. The summed E-state index contributed by atoms with van der Waals surface area (Å²) in [7, 11) is 3.20. The van der Waals surface area contributed by atoms with Crippen molar-refractivity contribution >= 4 is 17.6 Å². The van der Waals surface area contributed by atoms with Crippen LogP contribution in [-0.2, 0) is 17.5 Å². The Balaban J connectivity index is 2.01. The van der Waals surface area contributed by atoms with E-state index in [4.69, 9.17) is 4.74 Å². The Labute approximate surface area is 166 Å². The van der Waals surface area contributed by atoms with Crippen LogP contribution in [0.2, 0.25) is 0 Å². The van der Waals surface area contributed by atoms with Crippen LogP contribution in [-0.4, -0.2) is 37.5 Å². The average Bonchev–Trinajstić information content (AvgIpc) is 2.65. The van der Waals surface area contributed by atoms with Gasteiger partial charge in [-0.2, -0.15) is 13.2 Å². The van der Waals surface area contributed by atoms with Gasteiger partial charge in [0.15, 0.2) is 6.61 Å². The minimum absolute atomic E-state index is 0.0864. The predicted molar refractivity (Wildman–Crippen MR) is 103 cm³/mol. The first kappa shape index (κ1) is 22.1. The molecule has 0 fully saturated rings. The minimum atomic E-state index is -4.45. The molecule has 0 aliphatic rings. The summed E-state index contributed by atoms with van der Waals surface area (Å²) in [4.78, 5) is 25.3. The zero-order valence-corrected chi connectivity index (χ0v) is 16.3. The number of hydrogen-bond donors (Lipinski definition) is 2. The Morgan fingerprint density at radius 2 is 1.83 bits per heavy atom. The smallest absolute Gasteiger partial charge is 0.416 e. The summed E-state index contributed by atoms with van der Waals surface area (Å²) in [5.74, 6) is 0.0703. The number of likely N-dealkylation sites (N-methyl/N-ethyl adjacent to an activating group) is 1. The summed E-state index contributed by atoms with van der Waals surface area (Å²) in [6, 6.07) is 9.15. The van der Waals surface area contributed by atoms with E-state index in [2.05, 4.69) is 10.6 Å². The number of carbonyl (C=O) groups is 2. The molecule has 0 aliphatic heterocycles. The Hall–Kier alpha value is -3.23. The van der Waals surface area contributed by atoms with Crippen LogP contribution in [0.4, 0.5) is 23.7 Å². The monoisotopic (exact) mass is 409 g/mol. The summed E-state index contributed by atoms with van der Waals surface area (Å²) in [6.07, 6.45) is -4.45. The number of anilines is 1. The largest absolute Gasteiger partial charge is 0.482 e. The number of urea groups is 1. The van der Waals surface area contributed by atoms with Crippen LogP contribution >= 0.6 is 0 Å². The van der Waals surface area contributed by atoms with Crippen LogP contribution in [0, 0.1) is 6.92 Å². The van der Waals surface area contributed by atoms with Gasteiger partial charge in [-0.3, -0.25) is 4.79 Å². The van der Waals surface area contributed by atoms with Gasteiger partial charge in [0, 0.05) is 20.6 Å². The van der Waals surface area contributed by atoms with Crippen LogP contribution in [0.15, 0.2) is 42.5 Å². The lowest BCUT2D eigenvalue weighted by molar-refractivity contribution is -0.137. The lowest BCUT2D eigenvalue weighted by Crippen LogP contribution is -2.29. The molecular formula is C20H22F3N3O3. The second-order valence-corrected chi connectivity index (χ2v) is 6.58. The fourth-order valence-corrected chi connectivity index (χ4v) is 2.33. The maximum absolute atomic E-state index is 12.8. The van der Waals surface area contributed by atoms with Gasteiger partial charge in [0.1, 0.15) is 5.75 Å². The van der Waals surface area contributed by atoms with Gasteiger partial charge in [0.05, 0.1) is 11.3 Å². The van der Waals surface area contributed by atoms with Crippen molar-refractivity contribution in [3.8, 4) is 5.75 Å². The van der Waals surface area contributed by atoms with E-state index in [1.165, 1.54) is 17.0 Å². The molecule has 0 spiro atoms. The molecule has 0 unspecified atom stereocenters. The summed E-state index contributed by atoms with van der Waals surface area (Å²) < 4.78 is 43.8. The number of nitrogens with one attached hydrogen (secondary N) is 2. The molecule has 0 saturated heterocycles. The van der Waals surface area contributed by atoms with Gasteiger partial charge in [-0.1, -0.05) is 18.2 Å². The molecule has 2 aromatic rings. The van der Waals surface area contributed by atoms with E-state index >= 15 is 0 Å². The first-order valence-electron chi connectivity index (χ1n) is 8.71. The number of amides is 3. The van der Waals surface area contributed by atoms with Gasteiger partial charge < -0.3 is 20.3 Å². The highest BCUT2D eigenvalue weighted by Crippen LogP contribution is 2.29. The molecule has 29 heavy (non-hydrogen) atoms. The molecule has 3 amide bonds. The first-order chi connectivity index (χ1) is 13.6. The maximum atomic E-state index is 12.8.